The molecular formula is C15H15NO4S. The van der Waals surface area contributed by atoms with Gasteiger partial charge >= 0.3 is 0 Å². The third-order valence-corrected chi connectivity index (χ3v) is 4.03. The van der Waals surface area contributed by atoms with E-state index in [2.05, 4.69) is 5.32 Å². The van der Waals surface area contributed by atoms with E-state index in [1.807, 2.05) is 0 Å². The highest BCUT2D eigenvalue weighted by Crippen LogP contribution is 2.14. The zero-order chi connectivity index (χ0) is 15.5. The lowest BCUT2D eigenvalue weighted by molar-refractivity contribution is 0.102. The first-order valence-corrected chi connectivity index (χ1v) is 8.10. The Hall–Kier alpha value is -2.18. The van der Waals surface area contributed by atoms with Gasteiger partial charge in [0.25, 0.3) is 5.91 Å². The summed E-state index contributed by atoms with van der Waals surface area (Å²) < 4.78 is 23.0. The first-order chi connectivity index (χ1) is 9.90. The van der Waals surface area contributed by atoms with Gasteiger partial charge in [0, 0.05) is 17.5 Å². The molecule has 2 aromatic carbocycles. The molecule has 1 amide bonds. The molecule has 0 heterocycles. The van der Waals surface area contributed by atoms with Crippen molar-refractivity contribution in [2.24, 2.45) is 0 Å². The van der Waals surface area contributed by atoms with Crippen LogP contribution in [0.1, 0.15) is 15.9 Å². The second kappa shape index (κ2) is 6.07. The van der Waals surface area contributed by atoms with Crippen LogP contribution in [0, 0.1) is 0 Å². The van der Waals surface area contributed by atoms with Crippen molar-refractivity contribution < 1.29 is 18.3 Å². The molecule has 0 saturated carbocycles. The molecule has 2 N–H and O–H groups in total. The van der Waals surface area contributed by atoms with Crippen LogP contribution in [0.25, 0.3) is 0 Å². The maximum absolute atomic E-state index is 12.1. The maximum Gasteiger partial charge on any atom is 0.255 e. The second-order valence-electron chi connectivity index (χ2n) is 4.61. The van der Waals surface area contributed by atoms with Crippen molar-refractivity contribution >= 4 is 21.4 Å². The summed E-state index contributed by atoms with van der Waals surface area (Å²) in [6.07, 6.45) is 1.09. The number of hydrogen-bond acceptors (Lipinski definition) is 4. The van der Waals surface area contributed by atoms with Crippen LogP contribution in [0.4, 0.5) is 5.69 Å². The Kier molecular flexibility index (Phi) is 4.40. The molecule has 2 rings (SSSR count). The third kappa shape index (κ3) is 3.90. The molecule has 0 atom stereocenters. The minimum absolute atomic E-state index is 0.0649. The van der Waals surface area contributed by atoms with Gasteiger partial charge in [-0.3, -0.25) is 4.79 Å². The number of carbonyl (C=O) groups is 1. The van der Waals surface area contributed by atoms with E-state index in [9.17, 15) is 13.2 Å². The second-order valence-corrected chi connectivity index (χ2v) is 6.62. The van der Waals surface area contributed by atoms with Crippen molar-refractivity contribution in [2.75, 3.05) is 11.6 Å². The van der Waals surface area contributed by atoms with Crippen molar-refractivity contribution in [3.8, 4) is 0 Å². The molecule has 0 aliphatic heterocycles. The fourth-order valence-corrected chi connectivity index (χ4v) is 2.43. The van der Waals surface area contributed by atoms with Gasteiger partial charge in [-0.2, -0.15) is 0 Å². The largest absolute Gasteiger partial charge is 0.392 e. The van der Waals surface area contributed by atoms with Gasteiger partial charge < -0.3 is 10.4 Å². The van der Waals surface area contributed by atoms with Crippen LogP contribution < -0.4 is 5.32 Å². The van der Waals surface area contributed by atoms with E-state index in [0.29, 0.717) is 5.69 Å². The number of nitrogens with one attached hydrogen (secondary N) is 1. The van der Waals surface area contributed by atoms with E-state index < -0.39 is 15.7 Å². The van der Waals surface area contributed by atoms with Gasteiger partial charge in [-0.15, -0.1) is 0 Å². The normalized spacial score (nSPS) is 11.1. The number of carbonyl (C=O) groups excluding carboxylic acids is 1. The van der Waals surface area contributed by atoms with Crippen LogP contribution in [-0.2, 0) is 16.4 Å². The van der Waals surface area contributed by atoms with E-state index in [4.69, 9.17) is 5.11 Å². The van der Waals surface area contributed by atoms with Crippen LogP contribution in [0.5, 0.6) is 0 Å². The summed E-state index contributed by atoms with van der Waals surface area (Å²) in [6.45, 7) is -0.0649. The number of rotatable bonds is 4. The number of benzene rings is 2. The molecule has 110 valence electrons. The molecule has 0 spiro atoms. The van der Waals surface area contributed by atoms with E-state index in [0.717, 1.165) is 11.8 Å². The average molecular weight is 305 g/mol. The smallest absolute Gasteiger partial charge is 0.255 e. The van der Waals surface area contributed by atoms with Gasteiger partial charge in [-0.05, 0) is 35.9 Å². The third-order valence-electron chi connectivity index (χ3n) is 2.92. The standard InChI is InChI=1S/C15H15NO4S/c1-21(19,20)14-4-2-3-12(9-14)15(18)16-13-7-5-11(10-17)6-8-13/h2-9,17H,10H2,1H3,(H,16,18). The average Bonchev–Trinajstić information content (AvgIpc) is 2.47. The van der Waals surface area contributed by atoms with Crippen molar-refractivity contribution in [2.45, 2.75) is 11.5 Å². The highest BCUT2D eigenvalue weighted by molar-refractivity contribution is 7.90. The maximum atomic E-state index is 12.1. The Morgan fingerprint density at radius 3 is 2.38 bits per heavy atom. The topological polar surface area (TPSA) is 83.5 Å². The number of sulfone groups is 1. The summed E-state index contributed by atoms with van der Waals surface area (Å²) in [6, 6.07) is 12.6. The number of aliphatic hydroxyl groups is 1. The molecular weight excluding hydrogens is 290 g/mol. The van der Waals surface area contributed by atoms with Crippen molar-refractivity contribution in [3.05, 3.63) is 59.7 Å². The van der Waals surface area contributed by atoms with Gasteiger partial charge in [-0.1, -0.05) is 18.2 Å². The van der Waals surface area contributed by atoms with Gasteiger partial charge in [-0.25, -0.2) is 8.42 Å². The summed E-state index contributed by atoms with van der Waals surface area (Å²) in [7, 11) is -3.35. The molecule has 0 aliphatic carbocycles. The fraction of sp³-hybridized carbons (Fsp3) is 0.133. The van der Waals surface area contributed by atoms with Crippen LogP contribution in [-0.4, -0.2) is 25.7 Å². The molecule has 0 aromatic heterocycles. The summed E-state index contributed by atoms with van der Waals surface area (Å²) in [5, 5.41) is 11.6. The highest BCUT2D eigenvalue weighted by atomic mass is 32.2. The Morgan fingerprint density at radius 2 is 1.81 bits per heavy atom. The Balaban J connectivity index is 2.20. The summed E-state index contributed by atoms with van der Waals surface area (Å²) >= 11 is 0. The van der Waals surface area contributed by atoms with Gasteiger partial charge in [0.1, 0.15) is 0 Å². The van der Waals surface area contributed by atoms with Crippen LogP contribution in [0.3, 0.4) is 0 Å². The number of aliphatic hydroxyl groups excluding tert-OH is 1. The number of anilines is 1. The molecule has 0 saturated heterocycles. The Bertz CT molecular complexity index is 751. The predicted octanol–water partition coefficient (Wildman–Crippen LogP) is 1.83. The minimum atomic E-state index is -3.35. The summed E-state index contributed by atoms with van der Waals surface area (Å²) in [5.41, 5.74) is 1.58. The SMILES string of the molecule is CS(=O)(=O)c1cccc(C(=O)Nc2ccc(CO)cc2)c1. The molecule has 0 radical (unpaired) electrons. The Labute approximate surface area is 123 Å². The summed E-state index contributed by atoms with van der Waals surface area (Å²) in [4.78, 5) is 12.2. The number of amides is 1. The zero-order valence-electron chi connectivity index (χ0n) is 11.4. The lowest BCUT2D eigenvalue weighted by Crippen LogP contribution is -2.12. The highest BCUT2D eigenvalue weighted by Gasteiger charge is 2.11. The van der Waals surface area contributed by atoms with Crippen molar-refractivity contribution in [1.29, 1.82) is 0 Å². The van der Waals surface area contributed by atoms with E-state index in [-0.39, 0.29) is 17.1 Å². The quantitative estimate of drug-likeness (QED) is 0.902. The molecule has 21 heavy (non-hydrogen) atoms. The van der Waals surface area contributed by atoms with E-state index in [1.165, 1.54) is 18.2 Å². The molecule has 6 heteroatoms. The monoisotopic (exact) mass is 305 g/mol. The number of hydrogen-bond donors (Lipinski definition) is 2. The van der Waals surface area contributed by atoms with Crippen molar-refractivity contribution in [3.63, 3.8) is 0 Å². The molecule has 0 bridgehead atoms. The zero-order valence-corrected chi connectivity index (χ0v) is 12.2. The minimum Gasteiger partial charge on any atom is -0.392 e. The molecule has 5 nitrogen and oxygen atoms in total. The predicted molar refractivity (Wildman–Crippen MR) is 79.9 cm³/mol. The van der Waals surface area contributed by atoms with E-state index in [1.54, 1.807) is 30.3 Å². The lowest BCUT2D eigenvalue weighted by atomic mass is 10.2. The first kappa shape index (κ1) is 15.2. The molecule has 0 unspecified atom stereocenters. The van der Waals surface area contributed by atoms with Crippen LogP contribution in [0.2, 0.25) is 0 Å². The molecule has 2 aromatic rings. The summed E-state index contributed by atoms with van der Waals surface area (Å²) in [5.74, 6) is -0.391. The Morgan fingerprint density at radius 1 is 1.14 bits per heavy atom. The first-order valence-electron chi connectivity index (χ1n) is 6.21. The van der Waals surface area contributed by atoms with Crippen LogP contribution >= 0.6 is 0 Å². The van der Waals surface area contributed by atoms with Gasteiger partial charge in [0.2, 0.25) is 0 Å². The van der Waals surface area contributed by atoms with E-state index >= 15 is 0 Å². The molecule has 0 fully saturated rings. The molecule has 0 aliphatic rings. The lowest BCUT2D eigenvalue weighted by Gasteiger charge is -2.07. The van der Waals surface area contributed by atoms with Gasteiger partial charge in [0.05, 0.1) is 11.5 Å². The van der Waals surface area contributed by atoms with Gasteiger partial charge in [0.15, 0.2) is 9.84 Å². The van der Waals surface area contributed by atoms with Crippen LogP contribution in [0.15, 0.2) is 53.4 Å². The fourth-order valence-electron chi connectivity index (χ4n) is 1.76. The van der Waals surface area contributed by atoms with Crippen molar-refractivity contribution in [1.82, 2.24) is 0 Å².